The lowest BCUT2D eigenvalue weighted by molar-refractivity contribution is 0.209. The van der Waals surface area contributed by atoms with E-state index < -0.39 is 0 Å². The van der Waals surface area contributed by atoms with Gasteiger partial charge in [-0.2, -0.15) is 0 Å². The van der Waals surface area contributed by atoms with Crippen molar-refractivity contribution in [1.29, 1.82) is 0 Å². The van der Waals surface area contributed by atoms with Crippen molar-refractivity contribution in [3.63, 3.8) is 0 Å². The summed E-state index contributed by atoms with van der Waals surface area (Å²) in [5.74, 6) is 0.553. The van der Waals surface area contributed by atoms with Gasteiger partial charge in [0.15, 0.2) is 0 Å². The summed E-state index contributed by atoms with van der Waals surface area (Å²) in [6.45, 7) is 8.82. The summed E-state index contributed by atoms with van der Waals surface area (Å²) in [5, 5.41) is 10.2. The smallest absolute Gasteiger partial charge is 0.219 e. The number of piperazine rings is 1. The second-order valence-corrected chi connectivity index (χ2v) is 9.19. The first-order valence-corrected chi connectivity index (χ1v) is 11.7. The van der Waals surface area contributed by atoms with E-state index in [0.717, 1.165) is 61.3 Å². The van der Waals surface area contributed by atoms with Crippen LogP contribution in [-0.2, 0) is 6.42 Å². The van der Waals surface area contributed by atoms with Crippen LogP contribution in [0.4, 0.5) is 11.6 Å². The maximum absolute atomic E-state index is 10.2. The van der Waals surface area contributed by atoms with Gasteiger partial charge in [-0.1, -0.05) is 18.2 Å². The average Bonchev–Trinajstić information content (AvgIpc) is 2.84. The number of aromatic nitrogens is 2. The molecule has 1 aliphatic heterocycles. The van der Waals surface area contributed by atoms with Crippen molar-refractivity contribution >= 4 is 22.8 Å². The van der Waals surface area contributed by atoms with E-state index in [4.69, 9.17) is 5.73 Å². The van der Waals surface area contributed by atoms with Crippen LogP contribution in [0, 0.1) is 0 Å². The van der Waals surface area contributed by atoms with Crippen molar-refractivity contribution in [1.82, 2.24) is 14.9 Å². The number of phenolic OH excluding ortho intramolecular Hbond substituents is 1. The Balaban J connectivity index is 1.52. The summed E-state index contributed by atoms with van der Waals surface area (Å²) in [6.07, 6.45) is 5.40. The van der Waals surface area contributed by atoms with Gasteiger partial charge in [0.05, 0.1) is 0 Å². The SMILES string of the molecule is CC(C)N1CCN(c2ccc(C3=C(c4cnc(N)nc4)CCc4ccc(O)cc43)cc2)CC1. The first-order chi connectivity index (χ1) is 16.0. The van der Waals surface area contributed by atoms with Crippen molar-refractivity contribution in [2.75, 3.05) is 36.8 Å². The minimum absolute atomic E-state index is 0.275. The Morgan fingerprint density at radius 3 is 2.24 bits per heavy atom. The summed E-state index contributed by atoms with van der Waals surface area (Å²) in [5.41, 5.74) is 13.7. The van der Waals surface area contributed by atoms with Crippen LogP contribution < -0.4 is 10.6 Å². The number of benzene rings is 2. The molecule has 1 fully saturated rings. The molecule has 2 aliphatic rings. The lowest BCUT2D eigenvalue weighted by Crippen LogP contribution is -2.48. The quantitative estimate of drug-likeness (QED) is 0.632. The van der Waals surface area contributed by atoms with E-state index in [1.807, 2.05) is 12.1 Å². The number of anilines is 2. The Morgan fingerprint density at radius 1 is 0.879 bits per heavy atom. The largest absolute Gasteiger partial charge is 0.508 e. The molecular weight excluding hydrogens is 410 g/mol. The molecule has 2 heterocycles. The van der Waals surface area contributed by atoms with E-state index in [1.54, 1.807) is 18.5 Å². The predicted octanol–water partition coefficient (Wildman–Crippen LogP) is 4.20. The average molecular weight is 442 g/mol. The predicted molar refractivity (Wildman–Crippen MR) is 134 cm³/mol. The Hall–Kier alpha value is -3.38. The molecule has 0 unspecified atom stereocenters. The van der Waals surface area contributed by atoms with Crippen LogP contribution in [0.3, 0.4) is 0 Å². The molecule has 1 saturated heterocycles. The molecule has 2 aromatic carbocycles. The van der Waals surface area contributed by atoms with Gasteiger partial charge in [-0.25, -0.2) is 9.97 Å². The van der Waals surface area contributed by atoms with E-state index in [9.17, 15) is 5.11 Å². The number of hydrogen-bond donors (Lipinski definition) is 2. The Kier molecular flexibility index (Phi) is 5.77. The molecule has 6 heteroatoms. The number of nitrogen functional groups attached to an aromatic ring is 1. The van der Waals surface area contributed by atoms with Crippen molar-refractivity contribution < 1.29 is 5.11 Å². The van der Waals surface area contributed by atoms with Crippen LogP contribution in [0.15, 0.2) is 54.9 Å². The number of fused-ring (bicyclic) bond motifs is 1. The van der Waals surface area contributed by atoms with Gasteiger partial charge < -0.3 is 15.7 Å². The molecule has 1 aliphatic carbocycles. The summed E-state index contributed by atoms with van der Waals surface area (Å²) in [6, 6.07) is 15.1. The Labute approximate surface area is 195 Å². The highest BCUT2D eigenvalue weighted by Crippen LogP contribution is 2.42. The minimum Gasteiger partial charge on any atom is -0.508 e. The summed E-state index contributed by atoms with van der Waals surface area (Å²) < 4.78 is 0. The van der Waals surface area contributed by atoms with Gasteiger partial charge in [-0.3, -0.25) is 4.90 Å². The summed E-state index contributed by atoms with van der Waals surface area (Å²) >= 11 is 0. The number of allylic oxidation sites excluding steroid dienone is 1. The number of rotatable bonds is 4. The monoisotopic (exact) mass is 441 g/mol. The van der Waals surface area contributed by atoms with E-state index in [2.05, 4.69) is 57.9 Å². The maximum Gasteiger partial charge on any atom is 0.219 e. The Bertz CT molecular complexity index is 1160. The summed E-state index contributed by atoms with van der Waals surface area (Å²) in [4.78, 5) is 13.4. The molecule has 170 valence electrons. The lowest BCUT2D eigenvalue weighted by Gasteiger charge is -2.38. The van der Waals surface area contributed by atoms with Crippen LogP contribution in [0.2, 0.25) is 0 Å². The second-order valence-electron chi connectivity index (χ2n) is 9.19. The van der Waals surface area contributed by atoms with Gasteiger partial charge in [0.1, 0.15) is 5.75 Å². The van der Waals surface area contributed by atoms with E-state index >= 15 is 0 Å². The van der Waals surface area contributed by atoms with Crippen molar-refractivity contribution in [2.24, 2.45) is 0 Å². The normalized spacial score (nSPS) is 16.9. The zero-order valence-electron chi connectivity index (χ0n) is 19.3. The lowest BCUT2D eigenvalue weighted by atomic mass is 9.80. The zero-order valence-corrected chi connectivity index (χ0v) is 19.3. The third-order valence-electron chi connectivity index (χ3n) is 6.89. The molecule has 5 rings (SSSR count). The molecule has 33 heavy (non-hydrogen) atoms. The van der Waals surface area contributed by atoms with Crippen molar-refractivity contribution in [3.05, 3.63) is 77.1 Å². The second kappa shape index (κ2) is 8.87. The van der Waals surface area contributed by atoms with Crippen LogP contribution in [0.1, 0.15) is 42.5 Å². The summed E-state index contributed by atoms with van der Waals surface area (Å²) in [7, 11) is 0. The van der Waals surface area contributed by atoms with E-state index in [1.165, 1.54) is 16.8 Å². The fourth-order valence-electron chi connectivity index (χ4n) is 5.01. The molecule has 6 nitrogen and oxygen atoms in total. The number of nitrogens with zero attached hydrogens (tertiary/aromatic N) is 4. The van der Waals surface area contributed by atoms with Crippen LogP contribution in [-0.4, -0.2) is 52.2 Å². The molecule has 0 spiro atoms. The molecule has 0 radical (unpaired) electrons. The number of phenols is 1. The Morgan fingerprint density at radius 2 is 1.58 bits per heavy atom. The van der Waals surface area contributed by atoms with Crippen LogP contribution >= 0.6 is 0 Å². The highest BCUT2D eigenvalue weighted by Gasteiger charge is 2.23. The van der Waals surface area contributed by atoms with Crippen molar-refractivity contribution in [2.45, 2.75) is 32.7 Å². The molecule has 0 bridgehead atoms. The number of aromatic hydroxyl groups is 1. The maximum atomic E-state index is 10.2. The highest BCUT2D eigenvalue weighted by molar-refractivity contribution is 6.01. The fraction of sp³-hybridized carbons (Fsp3) is 0.333. The zero-order chi connectivity index (χ0) is 22.9. The van der Waals surface area contributed by atoms with Crippen LogP contribution in [0.5, 0.6) is 5.75 Å². The third kappa shape index (κ3) is 4.31. The van der Waals surface area contributed by atoms with Gasteiger partial charge in [0.25, 0.3) is 0 Å². The highest BCUT2D eigenvalue weighted by atomic mass is 16.3. The van der Waals surface area contributed by atoms with Crippen molar-refractivity contribution in [3.8, 4) is 5.75 Å². The molecule has 0 amide bonds. The minimum atomic E-state index is 0.275. The van der Waals surface area contributed by atoms with Gasteiger partial charge >= 0.3 is 0 Å². The molecule has 0 atom stereocenters. The van der Waals surface area contributed by atoms with Gasteiger partial charge in [-0.05, 0) is 78.8 Å². The van der Waals surface area contributed by atoms with E-state index in [-0.39, 0.29) is 11.7 Å². The first-order valence-electron chi connectivity index (χ1n) is 11.7. The molecule has 1 aromatic heterocycles. The topological polar surface area (TPSA) is 78.5 Å². The standard InChI is InChI=1S/C27H31N5O/c1-18(2)31-11-13-32(14-12-31)22-7-3-20(4-8-22)26-24(21-16-29-27(28)30-17-21)10-6-19-5-9-23(33)15-25(19)26/h3-5,7-9,15-18,33H,6,10-14H2,1-2H3,(H2,28,29,30). The van der Waals surface area contributed by atoms with Gasteiger partial charge in [-0.15, -0.1) is 0 Å². The molecular formula is C27H31N5O. The number of hydrogen-bond acceptors (Lipinski definition) is 6. The number of nitrogens with two attached hydrogens (primary N) is 1. The fourth-order valence-corrected chi connectivity index (χ4v) is 5.01. The van der Waals surface area contributed by atoms with Crippen LogP contribution in [0.25, 0.3) is 11.1 Å². The van der Waals surface area contributed by atoms with E-state index in [0.29, 0.717) is 6.04 Å². The molecule has 0 saturated carbocycles. The molecule has 3 aromatic rings. The van der Waals surface area contributed by atoms with Gasteiger partial charge in [0, 0.05) is 55.9 Å². The van der Waals surface area contributed by atoms with Gasteiger partial charge in [0.2, 0.25) is 5.95 Å². The molecule has 3 N–H and O–H groups in total. The first kappa shape index (κ1) is 21.5. The third-order valence-corrected chi connectivity index (χ3v) is 6.89. The number of aryl methyl sites for hydroxylation is 1.